The molecule has 0 spiro atoms. The molecule has 4 rings (SSSR count). The van der Waals surface area contributed by atoms with Crippen LogP contribution in [0.5, 0.6) is 0 Å². The molecule has 1 heterocycles. The minimum atomic E-state index is -0.290. The van der Waals surface area contributed by atoms with Crippen molar-refractivity contribution in [1.29, 1.82) is 0 Å². The predicted octanol–water partition coefficient (Wildman–Crippen LogP) is 4.06. The van der Waals surface area contributed by atoms with Gasteiger partial charge in [0.1, 0.15) is 5.02 Å². The average molecular weight is 330 g/mol. The summed E-state index contributed by atoms with van der Waals surface area (Å²) in [5, 5.41) is 1.12. The molecular formula is C17H9Cl2NO2. The molecule has 108 valence electrons. The normalized spacial score (nSPS) is 12.6. The van der Waals surface area contributed by atoms with E-state index in [0.717, 1.165) is 0 Å². The van der Waals surface area contributed by atoms with Gasteiger partial charge >= 0.3 is 0 Å². The third-order valence-corrected chi connectivity index (χ3v) is 4.79. The quantitative estimate of drug-likeness (QED) is 0.488. The molecule has 5 heteroatoms. The lowest BCUT2D eigenvalue weighted by Gasteiger charge is -2.22. The molecule has 3 nitrogen and oxygen atoms in total. The maximum Gasteiger partial charge on any atom is 0.270 e. The van der Waals surface area contributed by atoms with Crippen molar-refractivity contribution in [2.45, 2.75) is 0 Å². The third-order valence-electron chi connectivity index (χ3n) is 4.12. The van der Waals surface area contributed by atoms with Crippen molar-refractivity contribution in [2.75, 3.05) is 0 Å². The van der Waals surface area contributed by atoms with Gasteiger partial charge in [-0.25, -0.2) is 0 Å². The molecule has 0 atom stereocenters. The number of benzene rings is 2. The molecule has 0 amide bonds. The number of fused-ring (bicyclic) bond motifs is 2. The van der Waals surface area contributed by atoms with Crippen LogP contribution in [0.2, 0.25) is 10.0 Å². The molecule has 3 aromatic rings. The number of hydrogen-bond donors (Lipinski definition) is 0. The van der Waals surface area contributed by atoms with Crippen LogP contribution < -0.4 is 5.56 Å². The first-order valence-electron chi connectivity index (χ1n) is 6.67. The zero-order chi connectivity index (χ0) is 15.6. The highest BCUT2D eigenvalue weighted by Crippen LogP contribution is 2.43. The standard InChI is InChI=1S/C17H9Cl2NO2/c1-20-11-7-6-10(18)13-14(11)12(15(19)17(20)22)8-4-2-3-5-9(8)16(13)21/h2-7H,1H3. The molecule has 0 saturated carbocycles. The first-order chi connectivity index (χ1) is 10.5. The zero-order valence-electron chi connectivity index (χ0n) is 11.5. The second-order valence-electron chi connectivity index (χ2n) is 5.24. The van der Waals surface area contributed by atoms with Gasteiger partial charge in [0, 0.05) is 23.6 Å². The van der Waals surface area contributed by atoms with Gasteiger partial charge in [0.2, 0.25) is 0 Å². The van der Waals surface area contributed by atoms with Gasteiger partial charge in [0.15, 0.2) is 5.78 Å². The zero-order valence-corrected chi connectivity index (χ0v) is 13.0. The highest BCUT2D eigenvalue weighted by molar-refractivity contribution is 6.42. The van der Waals surface area contributed by atoms with E-state index in [1.807, 2.05) is 6.07 Å². The largest absolute Gasteiger partial charge is 0.310 e. The first kappa shape index (κ1) is 13.6. The monoisotopic (exact) mass is 329 g/mol. The second kappa shape index (κ2) is 4.45. The summed E-state index contributed by atoms with van der Waals surface area (Å²) in [7, 11) is 1.63. The molecule has 0 unspecified atom stereocenters. The molecule has 0 saturated heterocycles. The number of aryl methyl sites for hydroxylation is 1. The van der Waals surface area contributed by atoms with Crippen LogP contribution >= 0.6 is 23.2 Å². The van der Waals surface area contributed by atoms with Crippen molar-refractivity contribution in [3.05, 3.63) is 67.9 Å². The van der Waals surface area contributed by atoms with E-state index in [1.165, 1.54) is 4.57 Å². The van der Waals surface area contributed by atoms with E-state index in [-0.39, 0.29) is 16.4 Å². The van der Waals surface area contributed by atoms with Crippen LogP contribution in [0.3, 0.4) is 0 Å². The van der Waals surface area contributed by atoms with Gasteiger partial charge in [-0.2, -0.15) is 0 Å². The molecule has 22 heavy (non-hydrogen) atoms. The van der Waals surface area contributed by atoms with Gasteiger partial charge in [-0.15, -0.1) is 0 Å². The van der Waals surface area contributed by atoms with Crippen LogP contribution in [0.1, 0.15) is 15.9 Å². The number of carbonyl (C=O) groups excluding carboxylic acids is 1. The van der Waals surface area contributed by atoms with Crippen molar-refractivity contribution in [2.24, 2.45) is 7.05 Å². The summed E-state index contributed by atoms with van der Waals surface area (Å²) >= 11 is 12.6. The van der Waals surface area contributed by atoms with E-state index in [2.05, 4.69) is 0 Å². The lowest BCUT2D eigenvalue weighted by Crippen LogP contribution is -2.22. The summed E-state index contributed by atoms with van der Waals surface area (Å²) in [5.41, 5.74) is 2.54. The number of rotatable bonds is 0. The lowest BCUT2D eigenvalue weighted by molar-refractivity contribution is 0.104. The van der Waals surface area contributed by atoms with Crippen molar-refractivity contribution < 1.29 is 4.79 Å². The molecule has 0 N–H and O–H groups in total. The number of hydrogen-bond acceptors (Lipinski definition) is 2. The Kier molecular flexibility index (Phi) is 2.74. The average Bonchev–Trinajstić information content (AvgIpc) is 2.52. The topological polar surface area (TPSA) is 39.1 Å². The Balaban J connectivity index is 2.40. The van der Waals surface area contributed by atoms with E-state index in [9.17, 15) is 9.59 Å². The Morgan fingerprint density at radius 1 is 0.909 bits per heavy atom. The third kappa shape index (κ3) is 1.52. The maximum atomic E-state index is 12.8. The predicted molar refractivity (Wildman–Crippen MR) is 88.1 cm³/mol. The fraction of sp³-hybridized carbons (Fsp3) is 0.0588. The van der Waals surface area contributed by atoms with Crippen molar-refractivity contribution in [1.82, 2.24) is 4.57 Å². The van der Waals surface area contributed by atoms with Gasteiger partial charge in [-0.1, -0.05) is 47.5 Å². The van der Waals surface area contributed by atoms with Gasteiger partial charge < -0.3 is 4.57 Å². The van der Waals surface area contributed by atoms with Crippen LogP contribution in [-0.4, -0.2) is 10.4 Å². The molecule has 1 aromatic heterocycles. The Morgan fingerprint density at radius 3 is 2.32 bits per heavy atom. The van der Waals surface area contributed by atoms with E-state index < -0.39 is 0 Å². The molecule has 0 aliphatic heterocycles. The molecule has 0 bridgehead atoms. The molecule has 1 aliphatic rings. The lowest BCUT2D eigenvalue weighted by atomic mass is 9.84. The second-order valence-corrected chi connectivity index (χ2v) is 6.03. The van der Waals surface area contributed by atoms with E-state index >= 15 is 0 Å². The van der Waals surface area contributed by atoms with E-state index in [4.69, 9.17) is 23.2 Å². The van der Waals surface area contributed by atoms with Crippen molar-refractivity contribution in [3.8, 4) is 11.1 Å². The van der Waals surface area contributed by atoms with Gasteiger partial charge in [0.05, 0.1) is 16.1 Å². The summed E-state index contributed by atoms with van der Waals surface area (Å²) in [6.45, 7) is 0. The Labute approximate surface area is 135 Å². The molecule has 0 radical (unpaired) electrons. The van der Waals surface area contributed by atoms with Crippen molar-refractivity contribution >= 4 is 39.9 Å². The molecule has 2 aromatic carbocycles. The van der Waals surface area contributed by atoms with Gasteiger partial charge in [-0.05, 0) is 17.7 Å². The summed E-state index contributed by atoms with van der Waals surface area (Å²) < 4.78 is 1.45. The highest BCUT2D eigenvalue weighted by atomic mass is 35.5. The fourth-order valence-corrected chi connectivity index (χ4v) is 3.65. The summed E-state index contributed by atoms with van der Waals surface area (Å²) in [4.78, 5) is 25.2. The van der Waals surface area contributed by atoms with Crippen LogP contribution in [-0.2, 0) is 7.05 Å². The van der Waals surface area contributed by atoms with Crippen LogP contribution in [0.25, 0.3) is 22.0 Å². The van der Waals surface area contributed by atoms with Crippen molar-refractivity contribution in [3.63, 3.8) is 0 Å². The molecular weight excluding hydrogens is 321 g/mol. The number of pyridine rings is 1. The van der Waals surface area contributed by atoms with E-state index in [0.29, 0.717) is 38.2 Å². The Morgan fingerprint density at radius 2 is 1.59 bits per heavy atom. The maximum absolute atomic E-state index is 12.8. The SMILES string of the molecule is Cn1c(=O)c(Cl)c2c3c(c(Cl)ccc31)C(=O)c1ccccc1-2. The molecule has 0 fully saturated rings. The number of carbonyl (C=O) groups is 1. The van der Waals surface area contributed by atoms with Gasteiger partial charge in [-0.3, -0.25) is 9.59 Å². The number of ketones is 1. The van der Waals surface area contributed by atoms with Crippen LogP contribution in [0, 0.1) is 0 Å². The highest BCUT2D eigenvalue weighted by Gasteiger charge is 2.30. The minimum absolute atomic E-state index is 0.110. The first-order valence-corrected chi connectivity index (χ1v) is 7.42. The minimum Gasteiger partial charge on any atom is -0.310 e. The van der Waals surface area contributed by atoms with Crippen LogP contribution in [0.15, 0.2) is 41.2 Å². The number of aromatic nitrogens is 1. The Hall–Kier alpha value is -2.10. The summed E-state index contributed by atoms with van der Waals surface area (Å²) in [6, 6.07) is 10.5. The summed E-state index contributed by atoms with van der Waals surface area (Å²) in [6.07, 6.45) is 0. The summed E-state index contributed by atoms with van der Waals surface area (Å²) in [5.74, 6) is -0.145. The van der Waals surface area contributed by atoms with E-state index in [1.54, 1.807) is 37.4 Å². The number of nitrogens with zero attached hydrogens (tertiary/aromatic N) is 1. The fourth-order valence-electron chi connectivity index (χ4n) is 3.08. The number of halogens is 2. The smallest absolute Gasteiger partial charge is 0.270 e. The van der Waals surface area contributed by atoms with Crippen LogP contribution in [0.4, 0.5) is 0 Å². The Bertz CT molecular complexity index is 1050. The molecule has 1 aliphatic carbocycles. The van der Waals surface area contributed by atoms with Gasteiger partial charge in [0.25, 0.3) is 5.56 Å².